The molecule has 0 radical (unpaired) electrons. The van der Waals surface area contributed by atoms with Crippen LogP contribution in [0.2, 0.25) is 0 Å². The Kier molecular flexibility index (Phi) is 9.70. The van der Waals surface area contributed by atoms with Gasteiger partial charge in [-0.2, -0.15) is 0 Å². The van der Waals surface area contributed by atoms with Crippen LogP contribution in [-0.4, -0.2) is 23.4 Å². The Morgan fingerprint density at radius 3 is 2.20 bits per heavy atom. The highest BCUT2D eigenvalue weighted by molar-refractivity contribution is 7.85. The summed E-state index contributed by atoms with van der Waals surface area (Å²) in [5, 5.41) is 0. The number of hydrogen-bond donors (Lipinski definition) is 0. The highest BCUT2D eigenvalue weighted by Gasteiger charge is 2.32. The molecule has 0 amide bonds. The van der Waals surface area contributed by atoms with E-state index in [-0.39, 0.29) is 11.6 Å². The van der Waals surface area contributed by atoms with E-state index >= 15 is 0 Å². The van der Waals surface area contributed by atoms with Gasteiger partial charge in [0.1, 0.15) is 17.9 Å². The standard InChI is InChI=1S/C25H33FO3S/c1-4-6-14-25(18-27,15-7-5-2)19-30(28)24-13-10-22(26)17-21(24)16-20-8-11-23(29-3)12-9-20/h8-13,17-18H,4-7,14-16,19H2,1-3H3/t30-/m1/s1. The lowest BCUT2D eigenvalue weighted by Gasteiger charge is -2.28. The molecule has 2 aromatic rings. The highest BCUT2D eigenvalue weighted by atomic mass is 32.2. The molecular formula is C25H33FO3S. The molecule has 1 atom stereocenters. The maximum Gasteiger partial charge on any atom is 0.127 e. The number of aldehydes is 1. The van der Waals surface area contributed by atoms with Crippen LogP contribution in [0.25, 0.3) is 0 Å². The van der Waals surface area contributed by atoms with Crippen LogP contribution in [0, 0.1) is 11.2 Å². The Morgan fingerprint density at radius 2 is 1.67 bits per heavy atom. The van der Waals surface area contributed by atoms with Gasteiger partial charge in [-0.15, -0.1) is 0 Å². The van der Waals surface area contributed by atoms with E-state index in [0.29, 0.717) is 16.9 Å². The minimum Gasteiger partial charge on any atom is -0.497 e. The van der Waals surface area contributed by atoms with E-state index in [0.717, 1.165) is 56.1 Å². The summed E-state index contributed by atoms with van der Waals surface area (Å²) in [7, 11) is 0.229. The van der Waals surface area contributed by atoms with Gasteiger partial charge in [0.25, 0.3) is 0 Å². The molecule has 0 aliphatic heterocycles. The zero-order valence-electron chi connectivity index (χ0n) is 18.3. The van der Waals surface area contributed by atoms with Crippen LogP contribution in [0.4, 0.5) is 4.39 Å². The third kappa shape index (κ3) is 6.76. The molecule has 2 aromatic carbocycles. The van der Waals surface area contributed by atoms with Gasteiger partial charge in [-0.3, -0.25) is 4.21 Å². The third-order valence-corrected chi connectivity index (χ3v) is 7.27. The van der Waals surface area contributed by atoms with Crippen molar-refractivity contribution in [3.8, 4) is 5.75 Å². The lowest BCUT2D eigenvalue weighted by Crippen LogP contribution is -2.30. The zero-order valence-corrected chi connectivity index (χ0v) is 19.1. The third-order valence-electron chi connectivity index (χ3n) is 5.55. The zero-order chi connectivity index (χ0) is 22.0. The molecular weight excluding hydrogens is 399 g/mol. The van der Waals surface area contributed by atoms with Crippen LogP contribution in [0.3, 0.4) is 0 Å². The predicted octanol–water partition coefficient (Wildman–Crippen LogP) is 6.10. The van der Waals surface area contributed by atoms with Gasteiger partial charge >= 0.3 is 0 Å². The van der Waals surface area contributed by atoms with Gasteiger partial charge in [0.2, 0.25) is 0 Å². The molecule has 164 valence electrons. The quantitative estimate of drug-likeness (QED) is 0.359. The molecule has 5 heteroatoms. The molecule has 0 unspecified atom stereocenters. The normalized spacial score (nSPS) is 12.5. The average molecular weight is 433 g/mol. The fourth-order valence-electron chi connectivity index (χ4n) is 3.69. The number of carbonyl (C=O) groups excluding carboxylic acids is 1. The number of halogens is 1. The van der Waals surface area contributed by atoms with Gasteiger partial charge in [0.15, 0.2) is 0 Å². The van der Waals surface area contributed by atoms with Crippen molar-refractivity contribution in [3.05, 3.63) is 59.4 Å². The molecule has 0 aromatic heterocycles. The van der Waals surface area contributed by atoms with Crippen LogP contribution < -0.4 is 4.74 Å². The van der Waals surface area contributed by atoms with Crippen LogP contribution >= 0.6 is 0 Å². The maximum absolute atomic E-state index is 14.0. The van der Waals surface area contributed by atoms with Gasteiger partial charge in [0.05, 0.1) is 17.9 Å². The SMILES string of the molecule is CCCCC(C=O)(CCCC)C[S@@](=O)c1ccc(F)cc1Cc1ccc(OC)cc1. The summed E-state index contributed by atoms with van der Waals surface area (Å²) in [6, 6.07) is 12.0. The van der Waals surface area contributed by atoms with Crippen molar-refractivity contribution in [1.29, 1.82) is 0 Å². The second-order valence-electron chi connectivity index (χ2n) is 7.95. The fraction of sp³-hybridized carbons (Fsp3) is 0.480. The number of unbranched alkanes of at least 4 members (excludes halogenated alkanes) is 2. The Morgan fingerprint density at radius 1 is 1.03 bits per heavy atom. The predicted molar refractivity (Wildman–Crippen MR) is 121 cm³/mol. The number of carbonyl (C=O) groups is 1. The van der Waals surface area contributed by atoms with E-state index in [9.17, 15) is 13.4 Å². The van der Waals surface area contributed by atoms with E-state index in [4.69, 9.17) is 4.74 Å². The van der Waals surface area contributed by atoms with Crippen molar-refractivity contribution in [2.75, 3.05) is 12.9 Å². The van der Waals surface area contributed by atoms with Crippen molar-refractivity contribution in [3.63, 3.8) is 0 Å². The molecule has 0 heterocycles. The Labute approximate surface area is 182 Å². The van der Waals surface area contributed by atoms with E-state index in [1.165, 1.54) is 12.1 Å². The number of rotatable bonds is 13. The molecule has 30 heavy (non-hydrogen) atoms. The van der Waals surface area contributed by atoms with E-state index in [2.05, 4.69) is 13.8 Å². The molecule has 0 aliphatic carbocycles. The van der Waals surface area contributed by atoms with Crippen molar-refractivity contribution in [1.82, 2.24) is 0 Å². The van der Waals surface area contributed by atoms with Gasteiger partial charge < -0.3 is 9.53 Å². The lowest BCUT2D eigenvalue weighted by molar-refractivity contribution is -0.116. The summed E-state index contributed by atoms with van der Waals surface area (Å²) in [5.41, 5.74) is 1.10. The summed E-state index contributed by atoms with van der Waals surface area (Å²) >= 11 is 0. The van der Waals surface area contributed by atoms with Gasteiger partial charge in [-0.25, -0.2) is 4.39 Å². The number of benzene rings is 2. The number of methoxy groups -OCH3 is 1. The molecule has 0 saturated heterocycles. The minimum atomic E-state index is -1.38. The van der Waals surface area contributed by atoms with Crippen molar-refractivity contribution < 1.29 is 18.1 Å². The van der Waals surface area contributed by atoms with Crippen molar-refractivity contribution in [2.24, 2.45) is 5.41 Å². The van der Waals surface area contributed by atoms with Crippen LogP contribution in [0.5, 0.6) is 5.75 Å². The Hall–Kier alpha value is -2.01. The summed E-state index contributed by atoms with van der Waals surface area (Å²) in [6.45, 7) is 4.19. The first kappa shape index (κ1) is 24.3. The van der Waals surface area contributed by atoms with Gasteiger partial charge in [0, 0.05) is 16.1 Å². The Balaban J connectivity index is 2.29. The number of hydrogen-bond acceptors (Lipinski definition) is 3. The molecule has 0 N–H and O–H groups in total. The Bertz CT molecular complexity index is 825. The summed E-state index contributed by atoms with van der Waals surface area (Å²) in [5.74, 6) is 0.694. The molecule has 0 saturated carbocycles. The van der Waals surface area contributed by atoms with Crippen LogP contribution in [0.1, 0.15) is 63.5 Å². The lowest BCUT2D eigenvalue weighted by atomic mass is 9.81. The number of ether oxygens (including phenoxy) is 1. The first-order valence-electron chi connectivity index (χ1n) is 10.7. The highest BCUT2D eigenvalue weighted by Crippen LogP contribution is 2.33. The second kappa shape index (κ2) is 12.0. The van der Waals surface area contributed by atoms with E-state index < -0.39 is 16.2 Å². The fourth-order valence-corrected chi connectivity index (χ4v) is 5.37. The summed E-state index contributed by atoms with van der Waals surface area (Å²) < 4.78 is 32.6. The summed E-state index contributed by atoms with van der Waals surface area (Å²) in [6.07, 6.45) is 6.83. The van der Waals surface area contributed by atoms with E-state index in [1.54, 1.807) is 13.2 Å². The largest absolute Gasteiger partial charge is 0.497 e. The van der Waals surface area contributed by atoms with Gasteiger partial charge in [-0.05, 0) is 60.7 Å². The van der Waals surface area contributed by atoms with Crippen molar-refractivity contribution >= 4 is 17.1 Å². The van der Waals surface area contributed by atoms with Crippen LogP contribution in [0.15, 0.2) is 47.4 Å². The van der Waals surface area contributed by atoms with E-state index in [1.807, 2.05) is 24.3 Å². The van der Waals surface area contributed by atoms with Crippen LogP contribution in [-0.2, 0) is 22.0 Å². The maximum atomic E-state index is 14.0. The molecule has 2 rings (SSSR count). The second-order valence-corrected chi connectivity index (χ2v) is 9.37. The molecule has 0 aliphatic rings. The van der Waals surface area contributed by atoms with Gasteiger partial charge in [-0.1, -0.05) is 51.7 Å². The smallest absolute Gasteiger partial charge is 0.127 e. The topological polar surface area (TPSA) is 43.4 Å². The molecule has 3 nitrogen and oxygen atoms in total. The first-order chi connectivity index (χ1) is 14.5. The molecule has 0 fully saturated rings. The molecule has 0 spiro atoms. The minimum absolute atomic E-state index is 0.289. The molecule has 0 bridgehead atoms. The first-order valence-corrected chi connectivity index (χ1v) is 12.0. The monoisotopic (exact) mass is 432 g/mol. The van der Waals surface area contributed by atoms with Crippen molar-refractivity contribution in [2.45, 2.75) is 63.7 Å². The summed E-state index contributed by atoms with van der Waals surface area (Å²) in [4.78, 5) is 12.7. The average Bonchev–Trinajstić information content (AvgIpc) is 2.76.